The molecule has 5 heteroatoms. The lowest BCUT2D eigenvalue weighted by atomic mass is 10.1. The molecule has 0 saturated carbocycles. The molecule has 1 aromatic carbocycles. The summed E-state index contributed by atoms with van der Waals surface area (Å²) in [5.41, 5.74) is 0.911. The summed E-state index contributed by atoms with van der Waals surface area (Å²) in [6.45, 7) is 2.66. The first kappa shape index (κ1) is 11.1. The lowest BCUT2D eigenvalue weighted by molar-refractivity contribution is -0.159. The van der Waals surface area contributed by atoms with Crippen LogP contribution in [0.25, 0.3) is 0 Å². The maximum Gasteiger partial charge on any atom is 0.231 e. The predicted octanol–water partition coefficient (Wildman–Crippen LogP) is 2.24. The Balaban J connectivity index is 1.89. The highest BCUT2D eigenvalue weighted by atomic mass is 35.5. The number of fused-ring (bicyclic) bond motifs is 1. The molecule has 2 unspecified atom stereocenters. The first-order valence-electron chi connectivity index (χ1n) is 5.49. The topological polar surface area (TPSA) is 36.9 Å². The molecule has 0 radical (unpaired) electrons. The van der Waals surface area contributed by atoms with E-state index in [-0.39, 0.29) is 12.9 Å². The Kier molecular flexibility index (Phi) is 2.65. The van der Waals surface area contributed by atoms with E-state index >= 15 is 0 Å². The second-order valence-corrected chi connectivity index (χ2v) is 4.53. The minimum Gasteiger partial charge on any atom is -0.454 e. The summed E-state index contributed by atoms with van der Waals surface area (Å²) in [5, 5.41) is 0. The van der Waals surface area contributed by atoms with Crippen LogP contribution >= 0.6 is 11.6 Å². The van der Waals surface area contributed by atoms with Gasteiger partial charge in [-0.05, 0) is 25.1 Å². The molecule has 0 bridgehead atoms. The van der Waals surface area contributed by atoms with Crippen LogP contribution in [0.3, 0.4) is 0 Å². The predicted molar refractivity (Wildman–Crippen MR) is 61.5 cm³/mol. The lowest BCUT2D eigenvalue weighted by Gasteiger charge is -2.23. The van der Waals surface area contributed by atoms with Crippen molar-refractivity contribution in [1.82, 2.24) is 0 Å². The van der Waals surface area contributed by atoms with Crippen LogP contribution in [0, 0.1) is 0 Å². The number of alkyl halides is 1. The van der Waals surface area contributed by atoms with E-state index in [2.05, 4.69) is 0 Å². The van der Waals surface area contributed by atoms with Gasteiger partial charge in [0.2, 0.25) is 6.79 Å². The second kappa shape index (κ2) is 4.05. The molecular formula is C12H13ClO4. The van der Waals surface area contributed by atoms with Crippen LogP contribution in [0.15, 0.2) is 18.2 Å². The normalized spacial score (nSPS) is 30.8. The van der Waals surface area contributed by atoms with Gasteiger partial charge in [-0.2, -0.15) is 0 Å². The third-order valence-electron chi connectivity index (χ3n) is 3.01. The van der Waals surface area contributed by atoms with Crippen molar-refractivity contribution >= 4 is 11.6 Å². The molecule has 1 aromatic rings. The highest BCUT2D eigenvalue weighted by Gasteiger charge is 2.39. The van der Waals surface area contributed by atoms with Crippen molar-refractivity contribution in [1.29, 1.82) is 0 Å². The van der Waals surface area contributed by atoms with Crippen molar-refractivity contribution in [3.8, 4) is 11.5 Å². The molecule has 2 aliphatic rings. The monoisotopic (exact) mass is 256 g/mol. The summed E-state index contributed by atoms with van der Waals surface area (Å²) in [6, 6.07) is 5.67. The number of ether oxygens (including phenoxy) is 4. The first-order chi connectivity index (χ1) is 8.21. The van der Waals surface area contributed by atoms with Crippen LogP contribution < -0.4 is 9.47 Å². The van der Waals surface area contributed by atoms with Crippen molar-refractivity contribution in [2.24, 2.45) is 0 Å². The third kappa shape index (κ3) is 1.86. The Bertz CT molecular complexity index is 437. The van der Waals surface area contributed by atoms with Gasteiger partial charge in [0, 0.05) is 5.56 Å². The number of hydrogen-bond donors (Lipinski definition) is 0. The molecule has 2 atom stereocenters. The highest BCUT2D eigenvalue weighted by molar-refractivity contribution is 6.18. The van der Waals surface area contributed by atoms with E-state index in [9.17, 15) is 0 Å². The molecule has 0 spiro atoms. The maximum absolute atomic E-state index is 5.79. The lowest BCUT2D eigenvalue weighted by Crippen LogP contribution is -2.24. The molecule has 2 heterocycles. The van der Waals surface area contributed by atoms with Gasteiger partial charge in [0.25, 0.3) is 0 Å². The Morgan fingerprint density at radius 1 is 1.35 bits per heavy atom. The van der Waals surface area contributed by atoms with Crippen molar-refractivity contribution in [2.75, 3.05) is 19.3 Å². The van der Waals surface area contributed by atoms with Crippen molar-refractivity contribution < 1.29 is 18.9 Å². The fraction of sp³-hybridized carbons (Fsp3) is 0.500. The summed E-state index contributed by atoms with van der Waals surface area (Å²) < 4.78 is 22.1. The fourth-order valence-electron chi connectivity index (χ4n) is 2.04. The Hall–Kier alpha value is -0.970. The zero-order valence-electron chi connectivity index (χ0n) is 9.44. The molecule has 0 aromatic heterocycles. The molecule has 17 heavy (non-hydrogen) atoms. The van der Waals surface area contributed by atoms with Crippen molar-refractivity contribution in [2.45, 2.75) is 18.8 Å². The van der Waals surface area contributed by atoms with E-state index in [1.165, 1.54) is 0 Å². The molecule has 0 amide bonds. The van der Waals surface area contributed by atoms with Gasteiger partial charge in [-0.15, -0.1) is 11.6 Å². The largest absolute Gasteiger partial charge is 0.454 e. The molecule has 0 N–H and O–H groups in total. The van der Waals surface area contributed by atoms with Gasteiger partial charge >= 0.3 is 0 Å². The minimum atomic E-state index is -0.749. The molecule has 1 saturated heterocycles. The average Bonchev–Trinajstić information content (AvgIpc) is 2.94. The molecule has 4 nitrogen and oxygen atoms in total. The molecular weight excluding hydrogens is 244 g/mol. The zero-order valence-corrected chi connectivity index (χ0v) is 10.2. The van der Waals surface area contributed by atoms with E-state index in [0.29, 0.717) is 12.5 Å². The number of halogens is 1. The zero-order chi connectivity index (χ0) is 11.9. The number of hydrogen-bond acceptors (Lipinski definition) is 4. The summed E-state index contributed by atoms with van der Waals surface area (Å²) >= 11 is 5.77. The maximum atomic E-state index is 5.79. The smallest absolute Gasteiger partial charge is 0.231 e. The van der Waals surface area contributed by atoms with E-state index in [4.69, 9.17) is 30.5 Å². The van der Waals surface area contributed by atoms with Crippen molar-refractivity contribution in [3.63, 3.8) is 0 Å². The van der Waals surface area contributed by atoms with E-state index in [0.717, 1.165) is 17.1 Å². The highest BCUT2D eigenvalue weighted by Crippen LogP contribution is 2.40. The van der Waals surface area contributed by atoms with Gasteiger partial charge in [-0.25, -0.2) is 0 Å². The SMILES string of the molecule is CC1(c2ccc3c(c2)OCO3)OCC(CCl)O1. The van der Waals surface area contributed by atoms with E-state index < -0.39 is 5.79 Å². The van der Waals surface area contributed by atoms with Crippen LogP contribution in [0.4, 0.5) is 0 Å². The van der Waals surface area contributed by atoms with Crippen LogP contribution in [0.5, 0.6) is 11.5 Å². The molecule has 3 rings (SSSR count). The quantitative estimate of drug-likeness (QED) is 0.761. The Labute approximate surface area is 104 Å². The summed E-state index contributed by atoms with van der Waals surface area (Å²) in [7, 11) is 0. The fourth-order valence-corrected chi connectivity index (χ4v) is 2.20. The van der Waals surface area contributed by atoms with E-state index in [1.54, 1.807) is 0 Å². The van der Waals surface area contributed by atoms with Gasteiger partial charge < -0.3 is 18.9 Å². The summed E-state index contributed by atoms with van der Waals surface area (Å²) in [5.74, 6) is 1.16. The van der Waals surface area contributed by atoms with Gasteiger partial charge in [-0.3, -0.25) is 0 Å². The molecule has 2 aliphatic heterocycles. The second-order valence-electron chi connectivity index (χ2n) is 4.22. The van der Waals surface area contributed by atoms with Gasteiger partial charge in [0.1, 0.15) is 0 Å². The van der Waals surface area contributed by atoms with Gasteiger partial charge in [0.15, 0.2) is 17.3 Å². The molecule has 0 aliphatic carbocycles. The number of benzene rings is 1. The van der Waals surface area contributed by atoms with Crippen LogP contribution in [-0.4, -0.2) is 25.4 Å². The third-order valence-corrected chi connectivity index (χ3v) is 3.35. The van der Waals surface area contributed by atoms with Crippen LogP contribution in [0.1, 0.15) is 12.5 Å². The van der Waals surface area contributed by atoms with Crippen molar-refractivity contribution in [3.05, 3.63) is 23.8 Å². The standard InChI is InChI=1S/C12H13ClO4/c1-12(16-6-9(5-13)17-12)8-2-3-10-11(4-8)15-7-14-10/h2-4,9H,5-7H2,1H3. The van der Waals surface area contributed by atoms with Gasteiger partial charge in [-0.1, -0.05) is 0 Å². The molecule has 92 valence electrons. The molecule has 1 fully saturated rings. The van der Waals surface area contributed by atoms with E-state index in [1.807, 2.05) is 25.1 Å². The minimum absolute atomic E-state index is 0.0629. The Morgan fingerprint density at radius 3 is 2.94 bits per heavy atom. The summed E-state index contributed by atoms with van der Waals surface area (Å²) in [4.78, 5) is 0. The first-order valence-corrected chi connectivity index (χ1v) is 6.02. The van der Waals surface area contributed by atoms with Gasteiger partial charge in [0.05, 0.1) is 18.6 Å². The Morgan fingerprint density at radius 2 is 2.18 bits per heavy atom. The average molecular weight is 257 g/mol. The number of rotatable bonds is 2. The van der Waals surface area contributed by atoms with Crippen LogP contribution in [0.2, 0.25) is 0 Å². The van der Waals surface area contributed by atoms with Crippen LogP contribution in [-0.2, 0) is 15.3 Å². The summed E-state index contributed by atoms with van der Waals surface area (Å²) in [6.07, 6.45) is -0.0629.